The van der Waals surface area contributed by atoms with Gasteiger partial charge in [0.2, 0.25) is 17.7 Å². The molecule has 0 amide bonds. The van der Waals surface area contributed by atoms with Crippen molar-refractivity contribution in [1.29, 1.82) is 0 Å². The van der Waals surface area contributed by atoms with Crippen molar-refractivity contribution in [2.24, 2.45) is 0 Å². The number of rotatable bonds is 5. The Morgan fingerprint density at radius 3 is 2.11 bits per heavy atom. The van der Waals surface area contributed by atoms with Gasteiger partial charge in [0.05, 0.1) is 29.1 Å². The van der Waals surface area contributed by atoms with Gasteiger partial charge in [-0.15, -0.1) is 0 Å². The van der Waals surface area contributed by atoms with Gasteiger partial charge in [-0.05, 0) is 72.8 Å². The number of nitrogens with zero attached hydrogens (tertiary/aromatic N) is 5. The number of hydrogen-bond donors (Lipinski definition) is 0. The molecule has 208 valence electrons. The molecule has 0 saturated carbocycles. The van der Waals surface area contributed by atoms with Gasteiger partial charge in [-0.25, -0.2) is 15.0 Å². The number of hydrogen-bond acceptors (Lipinski definition) is 7. The van der Waals surface area contributed by atoms with Crippen molar-refractivity contribution in [1.82, 2.24) is 24.5 Å². The van der Waals surface area contributed by atoms with Crippen molar-refractivity contribution in [3.8, 4) is 51.3 Å². The van der Waals surface area contributed by atoms with Crippen LogP contribution in [0.4, 0.5) is 0 Å². The largest absolute Gasteiger partial charge is 0.445 e. The summed E-state index contributed by atoms with van der Waals surface area (Å²) in [6.45, 7) is 0. The van der Waals surface area contributed by atoms with Gasteiger partial charge in [0.25, 0.3) is 0 Å². The zero-order chi connectivity index (χ0) is 29.0. The third kappa shape index (κ3) is 3.93. The molecule has 0 atom stereocenters. The summed E-state index contributed by atoms with van der Waals surface area (Å²) in [6, 6.07) is 32.7. The fraction of sp³-hybridized carbons (Fsp3) is 0. The standard InChI is InChI=1S/C36H21N5O3/c1-2-13-37-29(6-1)22-4-3-5-26(18-22)41-31-12-9-23(34-38-14-16-42-34)19-28(31)27-10-7-24(20-32(27)41)36-40-30-11-8-25(21-33(30)44-36)35-39-15-17-43-35/h1-21H. The number of oxazole rings is 3. The highest BCUT2D eigenvalue weighted by atomic mass is 16.4. The maximum atomic E-state index is 6.29. The van der Waals surface area contributed by atoms with Crippen LogP contribution in [0.5, 0.6) is 0 Å². The second-order valence-corrected chi connectivity index (χ2v) is 10.4. The lowest BCUT2D eigenvalue weighted by Gasteiger charge is -2.10. The van der Waals surface area contributed by atoms with E-state index in [1.165, 1.54) is 0 Å². The zero-order valence-electron chi connectivity index (χ0n) is 23.1. The zero-order valence-corrected chi connectivity index (χ0v) is 23.1. The normalized spacial score (nSPS) is 11.6. The van der Waals surface area contributed by atoms with Crippen molar-refractivity contribution in [3.63, 3.8) is 0 Å². The molecule has 4 aromatic carbocycles. The summed E-state index contributed by atoms with van der Waals surface area (Å²) in [7, 11) is 0. The van der Waals surface area contributed by atoms with E-state index >= 15 is 0 Å². The number of aromatic nitrogens is 5. The van der Waals surface area contributed by atoms with Crippen molar-refractivity contribution < 1.29 is 13.3 Å². The van der Waals surface area contributed by atoms with E-state index in [0.717, 1.165) is 61.0 Å². The molecular weight excluding hydrogens is 550 g/mol. The van der Waals surface area contributed by atoms with E-state index in [2.05, 4.69) is 68.0 Å². The van der Waals surface area contributed by atoms with Gasteiger partial charge in [-0.1, -0.05) is 24.3 Å². The predicted octanol–water partition coefficient (Wildman–Crippen LogP) is 8.96. The molecule has 0 saturated heterocycles. The summed E-state index contributed by atoms with van der Waals surface area (Å²) in [5, 5.41) is 2.17. The summed E-state index contributed by atoms with van der Waals surface area (Å²) >= 11 is 0. The Hall–Kier alpha value is -6.28. The van der Waals surface area contributed by atoms with Crippen LogP contribution < -0.4 is 0 Å². The van der Waals surface area contributed by atoms with Crippen LogP contribution in [0.1, 0.15) is 0 Å². The second-order valence-electron chi connectivity index (χ2n) is 10.4. The first-order chi connectivity index (χ1) is 21.8. The average Bonchev–Trinajstić information content (AvgIpc) is 3.90. The molecular formula is C36H21N5O3. The molecule has 9 aromatic rings. The number of benzene rings is 4. The van der Waals surface area contributed by atoms with Gasteiger partial charge >= 0.3 is 0 Å². The van der Waals surface area contributed by atoms with Crippen LogP contribution in [0.2, 0.25) is 0 Å². The van der Waals surface area contributed by atoms with E-state index in [4.69, 9.17) is 18.2 Å². The predicted molar refractivity (Wildman–Crippen MR) is 168 cm³/mol. The monoisotopic (exact) mass is 571 g/mol. The van der Waals surface area contributed by atoms with Gasteiger partial charge in [0, 0.05) is 44.9 Å². The lowest BCUT2D eigenvalue weighted by molar-refractivity contribution is 0.574. The molecule has 0 bridgehead atoms. The minimum absolute atomic E-state index is 0.533. The van der Waals surface area contributed by atoms with Crippen molar-refractivity contribution in [3.05, 3.63) is 128 Å². The summed E-state index contributed by atoms with van der Waals surface area (Å²) < 4.78 is 19.6. The third-order valence-corrected chi connectivity index (χ3v) is 7.83. The van der Waals surface area contributed by atoms with Crippen LogP contribution in [0.15, 0.2) is 141 Å². The molecule has 0 N–H and O–H groups in total. The molecule has 0 spiro atoms. The van der Waals surface area contributed by atoms with Crippen LogP contribution in [0.25, 0.3) is 84.2 Å². The van der Waals surface area contributed by atoms with Gasteiger partial charge in [-0.3, -0.25) is 4.98 Å². The van der Waals surface area contributed by atoms with Gasteiger partial charge in [-0.2, -0.15) is 0 Å². The molecule has 44 heavy (non-hydrogen) atoms. The molecule has 8 nitrogen and oxygen atoms in total. The Morgan fingerprint density at radius 2 is 1.32 bits per heavy atom. The molecule has 0 unspecified atom stereocenters. The smallest absolute Gasteiger partial charge is 0.227 e. The quantitative estimate of drug-likeness (QED) is 0.203. The first-order valence-electron chi connectivity index (χ1n) is 14.1. The second kappa shape index (κ2) is 9.64. The Labute approximate surface area is 249 Å². The minimum Gasteiger partial charge on any atom is -0.445 e. The van der Waals surface area contributed by atoms with Crippen LogP contribution in [-0.4, -0.2) is 24.5 Å². The van der Waals surface area contributed by atoms with Crippen molar-refractivity contribution in [2.45, 2.75) is 0 Å². The average molecular weight is 572 g/mol. The van der Waals surface area contributed by atoms with E-state index < -0.39 is 0 Å². The highest BCUT2D eigenvalue weighted by Crippen LogP contribution is 2.38. The lowest BCUT2D eigenvalue weighted by atomic mass is 10.1. The van der Waals surface area contributed by atoms with Crippen LogP contribution >= 0.6 is 0 Å². The first-order valence-corrected chi connectivity index (χ1v) is 14.1. The molecule has 9 rings (SSSR count). The molecule has 0 aliphatic heterocycles. The number of fused-ring (bicyclic) bond motifs is 4. The fourth-order valence-corrected chi connectivity index (χ4v) is 5.82. The van der Waals surface area contributed by atoms with Crippen LogP contribution in [-0.2, 0) is 0 Å². The van der Waals surface area contributed by atoms with Gasteiger partial charge in [0.1, 0.15) is 18.0 Å². The van der Waals surface area contributed by atoms with E-state index in [0.29, 0.717) is 23.3 Å². The molecule has 0 aliphatic carbocycles. The summed E-state index contributed by atoms with van der Waals surface area (Å²) in [4.78, 5) is 18.0. The van der Waals surface area contributed by atoms with Gasteiger partial charge in [0.15, 0.2) is 5.58 Å². The third-order valence-electron chi connectivity index (χ3n) is 7.83. The molecule has 0 radical (unpaired) electrons. The highest BCUT2D eigenvalue weighted by Gasteiger charge is 2.18. The Morgan fingerprint density at radius 1 is 0.523 bits per heavy atom. The Kier molecular flexibility index (Phi) is 5.33. The van der Waals surface area contributed by atoms with E-state index in [-0.39, 0.29) is 0 Å². The van der Waals surface area contributed by atoms with Crippen LogP contribution in [0.3, 0.4) is 0 Å². The van der Waals surface area contributed by atoms with Gasteiger partial charge < -0.3 is 17.8 Å². The summed E-state index contributed by atoms with van der Waals surface area (Å²) in [6.07, 6.45) is 8.24. The molecule has 5 aromatic heterocycles. The molecule has 0 aliphatic rings. The fourth-order valence-electron chi connectivity index (χ4n) is 5.82. The van der Waals surface area contributed by atoms with E-state index in [1.54, 1.807) is 24.9 Å². The van der Waals surface area contributed by atoms with Crippen LogP contribution in [0, 0.1) is 0 Å². The maximum absolute atomic E-state index is 6.29. The SMILES string of the molecule is c1ccc(-c2cccc(-n3c4ccc(-c5ncco5)cc4c4ccc(-c5nc6ccc(-c7ncco7)cc6o5)cc43)c2)nc1. The van der Waals surface area contributed by atoms with Crippen molar-refractivity contribution >= 4 is 32.9 Å². The Bertz CT molecular complexity index is 2440. The number of pyridine rings is 1. The van der Waals surface area contributed by atoms with Crippen molar-refractivity contribution in [2.75, 3.05) is 0 Å². The minimum atomic E-state index is 0.533. The summed E-state index contributed by atoms with van der Waals surface area (Å²) in [5.41, 5.74) is 9.06. The topological polar surface area (TPSA) is 95.9 Å². The first kappa shape index (κ1) is 24.3. The molecule has 0 fully saturated rings. The maximum Gasteiger partial charge on any atom is 0.227 e. The molecule has 5 heterocycles. The molecule has 8 heteroatoms. The lowest BCUT2D eigenvalue weighted by Crippen LogP contribution is -1.95. The van der Waals surface area contributed by atoms with E-state index in [9.17, 15) is 0 Å². The Balaban J connectivity index is 1.25. The van der Waals surface area contributed by atoms with E-state index in [1.807, 2.05) is 54.7 Å². The highest BCUT2D eigenvalue weighted by molar-refractivity contribution is 6.11. The summed E-state index contributed by atoms with van der Waals surface area (Å²) in [5.74, 6) is 1.65.